The van der Waals surface area contributed by atoms with Crippen LogP contribution < -0.4 is 0 Å². The fraction of sp³-hybridized carbons (Fsp3) is 1.00. The molecule has 60 valence electrons. The number of rotatable bonds is 2. The van der Waals surface area contributed by atoms with E-state index in [-0.39, 0.29) is 0 Å². The molecule has 0 aromatic heterocycles. The van der Waals surface area contributed by atoms with Crippen molar-refractivity contribution in [3.05, 3.63) is 0 Å². The average molecular weight is 140 g/mol. The summed E-state index contributed by atoms with van der Waals surface area (Å²) in [6.07, 6.45) is 4.32. The van der Waals surface area contributed by atoms with Crippen LogP contribution in [0.25, 0.3) is 0 Å². The molecule has 1 saturated carbocycles. The minimum Gasteiger partial charge on any atom is -0.0649 e. The summed E-state index contributed by atoms with van der Waals surface area (Å²) in [4.78, 5) is 0. The summed E-state index contributed by atoms with van der Waals surface area (Å²) in [7, 11) is 0. The molecule has 0 spiro atoms. The molecule has 10 heavy (non-hydrogen) atoms. The highest BCUT2D eigenvalue weighted by Gasteiger charge is 2.39. The van der Waals surface area contributed by atoms with Crippen molar-refractivity contribution in [3.8, 4) is 0 Å². The first kappa shape index (κ1) is 8.10. The first-order valence-corrected chi connectivity index (χ1v) is 4.57. The van der Waals surface area contributed by atoms with Crippen LogP contribution in [-0.2, 0) is 0 Å². The fourth-order valence-electron chi connectivity index (χ4n) is 1.97. The van der Waals surface area contributed by atoms with E-state index in [0.29, 0.717) is 0 Å². The van der Waals surface area contributed by atoms with Gasteiger partial charge in [-0.05, 0) is 30.1 Å². The molecule has 1 fully saturated rings. The Balaban J connectivity index is 2.29. The summed E-state index contributed by atoms with van der Waals surface area (Å²) in [5.41, 5.74) is 0.717. The molecule has 0 saturated heterocycles. The lowest BCUT2D eigenvalue weighted by atomic mass is 9.59. The molecule has 0 bridgehead atoms. The van der Waals surface area contributed by atoms with Gasteiger partial charge >= 0.3 is 0 Å². The van der Waals surface area contributed by atoms with Crippen LogP contribution in [0, 0.1) is 17.3 Å². The van der Waals surface area contributed by atoms with E-state index in [1.807, 2.05) is 0 Å². The third kappa shape index (κ3) is 1.36. The van der Waals surface area contributed by atoms with Gasteiger partial charge in [-0.3, -0.25) is 0 Å². The van der Waals surface area contributed by atoms with Gasteiger partial charge in [-0.1, -0.05) is 34.1 Å². The second kappa shape index (κ2) is 2.56. The first-order valence-electron chi connectivity index (χ1n) is 4.57. The summed E-state index contributed by atoms with van der Waals surface area (Å²) in [5, 5.41) is 0. The number of hydrogen-bond acceptors (Lipinski definition) is 0. The Morgan fingerprint density at radius 3 is 2.20 bits per heavy atom. The van der Waals surface area contributed by atoms with E-state index in [9.17, 15) is 0 Å². The Morgan fingerprint density at radius 2 is 1.90 bits per heavy atom. The van der Waals surface area contributed by atoms with Gasteiger partial charge < -0.3 is 0 Å². The van der Waals surface area contributed by atoms with Crippen LogP contribution in [0.2, 0.25) is 0 Å². The molecule has 1 rings (SSSR count). The average Bonchev–Trinajstić information content (AvgIpc) is 1.80. The molecule has 0 aromatic rings. The van der Waals surface area contributed by atoms with Gasteiger partial charge in [0.2, 0.25) is 0 Å². The largest absolute Gasteiger partial charge is 0.0649 e. The highest BCUT2D eigenvalue weighted by atomic mass is 14.4. The molecular formula is C10H20. The van der Waals surface area contributed by atoms with Gasteiger partial charge in [0.1, 0.15) is 0 Å². The zero-order chi connectivity index (χ0) is 7.78. The smallest absolute Gasteiger partial charge is 0.0323 e. The first-order chi connectivity index (χ1) is 4.57. The van der Waals surface area contributed by atoms with E-state index in [1.165, 1.54) is 19.3 Å². The van der Waals surface area contributed by atoms with E-state index < -0.39 is 0 Å². The predicted octanol–water partition coefficient (Wildman–Crippen LogP) is 3.47. The monoisotopic (exact) mass is 140 g/mol. The summed E-state index contributed by atoms with van der Waals surface area (Å²) in [5.74, 6) is 1.95. The normalized spacial score (nSPS) is 39.9. The highest BCUT2D eigenvalue weighted by molar-refractivity contribution is 4.90. The molecule has 0 N–H and O–H groups in total. The zero-order valence-electron chi connectivity index (χ0n) is 7.78. The Hall–Kier alpha value is 0. The third-order valence-corrected chi connectivity index (χ3v) is 3.31. The van der Waals surface area contributed by atoms with Crippen LogP contribution in [-0.4, -0.2) is 0 Å². The lowest BCUT2D eigenvalue weighted by Gasteiger charge is -2.47. The quantitative estimate of drug-likeness (QED) is 0.551. The van der Waals surface area contributed by atoms with Crippen LogP contribution in [0.3, 0.4) is 0 Å². The molecule has 0 atom stereocenters. The van der Waals surface area contributed by atoms with Crippen molar-refractivity contribution in [2.24, 2.45) is 17.3 Å². The lowest BCUT2D eigenvalue weighted by Crippen LogP contribution is -2.36. The molecule has 0 unspecified atom stereocenters. The van der Waals surface area contributed by atoms with Crippen molar-refractivity contribution in [1.82, 2.24) is 0 Å². The third-order valence-electron chi connectivity index (χ3n) is 3.31. The molecule has 0 heterocycles. The Morgan fingerprint density at radius 1 is 1.40 bits per heavy atom. The van der Waals surface area contributed by atoms with Crippen molar-refractivity contribution in [3.63, 3.8) is 0 Å². The van der Waals surface area contributed by atoms with Gasteiger partial charge in [-0.15, -0.1) is 0 Å². The van der Waals surface area contributed by atoms with Crippen molar-refractivity contribution in [2.45, 2.75) is 47.0 Å². The topological polar surface area (TPSA) is 0 Å². The Bertz CT molecular complexity index is 107. The SMILES string of the molecule is CCC1(C)CC(C(C)C)C1. The van der Waals surface area contributed by atoms with Crippen molar-refractivity contribution >= 4 is 0 Å². The van der Waals surface area contributed by atoms with Crippen molar-refractivity contribution < 1.29 is 0 Å². The highest BCUT2D eigenvalue weighted by Crippen LogP contribution is 2.50. The molecular weight excluding hydrogens is 120 g/mol. The molecule has 0 amide bonds. The molecule has 0 aliphatic heterocycles. The maximum absolute atomic E-state index is 2.42. The molecule has 1 aliphatic carbocycles. The van der Waals surface area contributed by atoms with Crippen LogP contribution in [0.4, 0.5) is 0 Å². The molecule has 1 aliphatic rings. The van der Waals surface area contributed by atoms with Gasteiger partial charge in [0, 0.05) is 0 Å². The van der Waals surface area contributed by atoms with Crippen LogP contribution in [0.5, 0.6) is 0 Å². The number of hydrogen-bond donors (Lipinski definition) is 0. The Labute approximate surface area is 65.0 Å². The minimum absolute atomic E-state index is 0.717. The summed E-state index contributed by atoms with van der Waals surface area (Å²) >= 11 is 0. The molecule has 0 radical (unpaired) electrons. The standard InChI is InChI=1S/C10H20/c1-5-10(4)6-9(7-10)8(2)3/h8-9H,5-7H2,1-4H3. The molecule has 0 nitrogen and oxygen atoms in total. The Kier molecular flexibility index (Phi) is 2.07. The maximum Gasteiger partial charge on any atom is -0.0323 e. The van der Waals surface area contributed by atoms with Gasteiger partial charge in [0.15, 0.2) is 0 Å². The van der Waals surface area contributed by atoms with Crippen molar-refractivity contribution in [2.75, 3.05) is 0 Å². The van der Waals surface area contributed by atoms with Gasteiger partial charge in [-0.25, -0.2) is 0 Å². The van der Waals surface area contributed by atoms with Crippen molar-refractivity contribution in [1.29, 1.82) is 0 Å². The molecule has 0 aromatic carbocycles. The van der Waals surface area contributed by atoms with Crippen LogP contribution >= 0.6 is 0 Å². The second-order valence-corrected chi connectivity index (χ2v) is 4.58. The van der Waals surface area contributed by atoms with E-state index >= 15 is 0 Å². The molecule has 0 heteroatoms. The summed E-state index contributed by atoms with van der Waals surface area (Å²) in [6, 6.07) is 0. The van der Waals surface area contributed by atoms with Crippen LogP contribution in [0.1, 0.15) is 47.0 Å². The van der Waals surface area contributed by atoms with E-state index in [1.54, 1.807) is 0 Å². The zero-order valence-corrected chi connectivity index (χ0v) is 7.78. The van der Waals surface area contributed by atoms with E-state index in [2.05, 4.69) is 27.7 Å². The van der Waals surface area contributed by atoms with Crippen LogP contribution in [0.15, 0.2) is 0 Å². The maximum atomic E-state index is 2.42. The summed E-state index contributed by atoms with van der Waals surface area (Å²) in [6.45, 7) is 9.43. The van der Waals surface area contributed by atoms with Gasteiger partial charge in [0.25, 0.3) is 0 Å². The van der Waals surface area contributed by atoms with E-state index in [0.717, 1.165) is 17.3 Å². The van der Waals surface area contributed by atoms with Gasteiger partial charge in [-0.2, -0.15) is 0 Å². The fourth-order valence-corrected chi connectivity index (χ4v) is 1.97. The minimum atomic E-state index is 0.717. The lowest BCUT2D eigenvalue weighted by molar-refractivity contribution is 0.0398. The predicted molar refractivity (Wildman–Crippen MR) is 46.0 cm³/mol. The second-order valence-electron chi connectivity index (χ2n) is 4.58. The van der Waals surface area contributed by atoms with E-state index in [4.69, 9.17) is 0 Å². The summed E-state index contributed by atoms with van der Waals surface area (Å²) < 4.78 is 0. The van der Waals surface area contributed by atoms with Gasteiger partial charge in [0.05, 0.1) is 0 Å².